The van der Waals surface area contributed by atoms with E-state index in [0.717, 1.165) is 6.07 Å². The fourth-order valence-corrected chi connectivity index (χ4v) is 1.34. The summed E-state index contributed by atoms with van der Waals surface area (Å²) in [5, 5.41) is 18.6. The van der Waals surface area contributed by atoms with Crippen molar-refractivity contribution in [1.82, 2.24) is 4.90 Å². The van der Waals surface area contributed by atoms with Crippen molar-refractivity contribution >= 4 is 5.91 Å². The number of rotatable bonds is 4. The highest BCUT2D eigenvalue weighted by molar-refractivity contribution is 5.96. The molecule has 4 N–H and O–H groups in total. The van der Waals surface area contributed by atoms with Crippen LogP contribution in [0.5, 0.6) is 11.5 Å². The smallest absolute Gasteiger partial charge is 0.257 e. The molecule has 0 saturated heterocycles. The predicted octanol–water partition coefficient (Wildman–Crippen LogP) is 0.519. The van der Waals surface area contributed by atoms with Gasteiger partial charge in [-0.1, -0.05) is 0 Å². The van der Waals surface area contributed by atoms with Gasteiger partial charge in [-0.2, -0.15) is 0 Å². The lowest BCUT2D eigenvalue weighted by Gasteiger charge is -2.17. The van der Waals surface area contributed by atoms with Gasteiger partial charge in [-0.05, 0) is 25.1 Å². The van der Waals surface area contributed by atoms with Crippen molar-refractivity contribution in [2.24, 2.45) is 5.73 Å². The number of phenolic OH excluding ortho intramolecular Hbond substituents is 2. The zero-order valence-electron chi connectivity index (χ0n) is 9.18. The van der Waals surface area contributed by atoms with E-state index in [1.165, 1.54) is 17.0 Å². The van der Waals surface area contributed by atoms with Crippen molar-refractivity contribution in [3.8, 4) is 11.5 Å². The summed E-state index contributed by atoms with van der Waals surface area (Å²) in [5.74, 6) is -0.575. The molecule has 1 rings (SSSR count). The van der Waals surface area contributed by atoms with Crippen LogP contribution in [0.2, 0.25) is 0 Å². The van der Waals surface area contributed by atoms with E-state index in [4.69, 9.17) is 10.8 Å². The lowest BCUT2D eigenvalue weighted by molar-refractivity contribution is 0.0791. The molecule has 0 saturated carbocycles. The van der Waals surface area contributed by atoms with E-state index in [1.54, 1.807) is 7.05 Å². The molecule has 0 atom stereocenters. The van der Waals surface area contributed by atoms with E-state index in [1.807, 2.05) is 0 Å². The third kappa shape index (κ3) is 2.87. The molecule has 0 aromatic heterocycles. The topological polar surface area (TPSA) is 86.8 Å². The Balaban J connectivity index is 2.79. The summed E-state index contributed by atoms with van der Waals surface area (Å²) in [7, 11) is 1.64. The Morgan fingerprint density at radius 3 is 2.69 bits per heavy atom. The molecule has 0 bridgehead atoms. The van der Waals surface area contributed by atoms with Gasteiger partial charge in [0.25, 0.3) is 5.91 Å². The van der Waals surface area contributed by atoms with Crippen LogP contribution in [0, 0.1) is 0 Å². The summed E-state index contributed by atoms with van der Waals surface area (Å²) in [5.41, 5.74) is 5.52. The van der Waals surface area contributed by atoms with E-state index in [2.05, 4.69) is 0 Å². The van der Waals surface area contributed by atoms with Crippen LogP contribution in [0.15, 0.2) is 18.2 Å². The van der Waals surface area contributed by atoms with Gasteiger partial charge >= 0.3 is 0 Å². The maximum Gasteiger partial charge on any atom is 0.257 e. The van der Waals surface area contributed by atoms with Gasteiger partial charge in [0.2, 0.25) is 0 Å². The Kier molecular flexibility index (Phi) is 4.13. The third-order valence-electron chi connectivity index (χ3n) is 2.26. The van der Waals surface area contributed by atoms with Crippen molar-refractivity contribution in [2.45, 2.75) is 6.42 Å². The third-order valence-corrected chi connectivity index (χ3v) is 2.26. The zero-order chi connectivity index (χ0) is 12.1. The Morgan fingerprint density at radius 2 is 2.12 bits per heavy atom. The largest absolute Gasteiger partial charge is 0.508 e. The van der Waals surface area contributed by atoms with Gasteiger partial charge in [-0.3, -0.25) is 4.79 Å². The molecule has 88 valence electrons. The van der Waals surface area contributed by atoms with E-state index in [9.17, 15) is 9.90 Å². The first-order chi connectivity index (χ1) is 7.56. The highest BCUT2D eigenvalue weighted by Gasteiger charge is 2.15. The van der Waals surface area contributed by atoms with Gasteiger partial charge < -0.3 is 20.8 Å². The van der Waals surface area contributed by atoms with Crippen LogP contribution in [0.4, 0.5) is 0 Å². The van der Waals surface area contributed by atoms with Crippen LogP contribution in [-0.4, -0.2) is 41.2 Å². The van der Waals surface area contributed by atoms with Crippen LogP contribution in [-0.2, 0) is 0 Å². The molecule has 0 aliphatic carbocycles. The highest BCUT2D eigenvalue weighted by atomic mass is 16.3. The van der Waals surface area contributed by atoms with E-state index in [0.29, 0.717) is 19.5 Å². The molecule has 5 nitrogen and oxygen atoms in total. The average Bonchev–Trinajstić information content (AvgIpc) is 2.25. The van der Waals surface area contributed by atoms with Crippen LogP contribution in [0.25, 0.3) is 0 Å². The highest BCUT2D eigenvalue weighted by Crippen LogP contribution is 2.23. The fraction of sp³-hybridized carbons (Fsp3) is 0.364. The molecule has 1 aromatic rings. The SMILES string of the molecule is CN(CCCN)C(=O)c1ccc(O)cc1O. The second-order valence-corrected chi connectivity index (χ2v) is 3.57. The minimum Gasteiger partial charge on any atom is -0.508 e. The first-order valence-corrected chi connectivity index (χ1v) is 5.03. The first kappa shape index (κ1) is 12.3. The maximum atomic E-state index is 11.8. The lowest BCUT2D eigenvalue weighted by atomic mass is 10.1. The summed E-state index contributed by atoms with van der Waals surface area (Å²) in [6.07, 6.45) is 0.709. The van der Waals surface area contributed by atoms with Gasteiger partial charge in [0.15, 0.2) is 0 Å². The molecule has 0 fully saturated rings. The molecule has 16 heavy (non-hydrogen) atoms. The summed E-state index contributed by atoms with van der Waals surface area (Å²) >= 11 is 0. The number of benzene rings is 1. The first-order valence-electron chi connectivity index (χ1n) is 5.03. The summed E-state index contributed by atoms with van der Waals surface area (Å²) in [4.78, 5) is 13.3. The second kappa shape index (κ2) is 5.37. The summed E-state index contributed by atoms with van der Waals surface area (Å²) in [6, 6.07) is 3.90. The number of aromatic hydroxyl groups is 2. The van der Waals surface area contributed by atoms with E-state index < -0.39 is 0 Å². The Hall–Kier alpha value is -1.75. The molecule has 0 aliphatic heterocycles. The summed E-state index contributed by atoms with van der Waals surface area (Å²) in [6.45, 7) is 1.05. The number of hydrogen-bond donors (Lipinski definition) is 3. The number of carbonyl (C=O) groups excluding carboxylic acids is 1. The molecule has 0 unspecified atom stereocenters. The predicted molar refractivity (Wildman–Crippen MR) is 60.4 cm³/mol. The van der Waals surface area contributed by atoms with Gasteiger partial charge in [-0.25, -0.2) is 0 Å². The number of nitrogens with zero attached hydrogens (tertiary/aromatic N) is 1. The molecule has 0 aliphatic rings. The molecule has 1 amide bonds. The monoisotopic (exact) mass is 224 g/mol. The molecule has 1 aromatic carbocycles. The van der Waals surface area contributed by atoms with Gasteiger partial charge in [-0.15, -0.1) is 0 Å². The second-order valence-electron chi connectivity index (χ2n) is 3.57. The minimum absolute atomic E-state index is 0.0707. The Labute approximate surface area is 94.1 Å². The normalized spacial score (nSPS) is 10.1. The summed E-state index contributed by atoms with van der Waals surface area (Å²) < 4.78 is 0. The lowest BCUT2D eigenvalue weighted by Crippen LogP contribution is -2.28. The minimum atomic E-state index is -0.286. The van der Waals surface area contributed by atoms with Gasteiger partial charge in [0, 0.05) is 19.7 Å². The van der Waals surface area contributed by atoms with Crippen LogP contribution < -0.4 is 5.73 Å². The number of nitrogens with two attached hydrogens (primary N) is 1. The molecule has 5 heteroatoms. The number of hydrogen-bond acceptors (Lipinski definition) is 4. The standard InChI is InChI=1S/C11H16N2O3/c1-13(6-2-5-12)11(16)9-4-3-8(14)7-10(9)15/h3-4,7,14-15H,2,5-6,12H2,1H3. The molecular weight excluding hydrogens is 208 g/mol. The molecule has 0 radical (unpaired) electrons. The van der Waals surface area contributed by atoms with Gasteiger partial charge in [0.05, 0.1) is 5.56 Å². The maximum absolute atomic E-state index is 11.8. The molecular formula is C11H16N2O3. The van der Waals surface area contributed by atoms with Crippen molar-refractivity contribution in [3.05, 3.63) is 23.8 Å². The van der Waals surface area contributed by atoms with E-state index >= 15 is 0 Å². The fourth-order valence-electron chi connectivity index (χ4n) is 1.34. The number of phenols is 2. The van der Waals surface area contributed by atoms with Crippen molar-refractivity contribution < 1.29 is 15.0 Å². The Bertz CT molecular complexity index is 379. The van der Waals surface area contributed by atoms with Crippen LogP contribution in [0.1, 0.15) is 16.8 Å². The zero-order valence-corrected chi connectivity index (χ0v) is 9.18. The van der Waals surface area contributed by atoms with Crippen molar-refractivity contribution in [2.75, 3.05) is 20.1 Å². The Morgan fingerprint density at radius 1 is 1.44 bits per heavy atom. The quantitative estimate of drug-likeness (QED) is 0.695. The molecule has 0 spiro atoms. The van der Waals surface area contributed by atoms with Gasteiger partial charge in [0.1, 0.15) is 11.5 Å². The van der Waals surface area contributed by atoms with Crippen molar-refractivity contribution in [1.29, 1.82) is 0 Å². The van der Waals surface area contributed by atoms with E-state index in [-0.39, 0.29) is 23.0 Å². The van der Waals surface area contributed by atoms with Crippen molar-refractivity contribution in [3.63, 3.8) is 0 Å². The van der Waals surface area contributed by atoms with Crippen LogP contribution >= 0.6 is 0 Å². The number of carbonyl (C=O) groups is 1. The average molecular weight is 224 g/mol. The number of amides is 1. The van der Waals surface area contributed by atoms with Crippen LogP contribution in [0.3, 0.4) is 0 Å². The molecule has 0 heterocycles.